The second-order valence-electron chi connectivity index (χ2n) is 5.36. The Morgan fingerprint density at radius 2 is 2.00 bits per heavy atom. The SMILES string of the molecule is O=C(NN1C(=O)S/C(=C\c2cccc(O)c2)C1=S)c1cccc([N+](=O)[O-])c1. The molecule has 0 aliphatic carbocycles. The first-order valence-electron chi connectivity index (χ1n) is 7.47. The number of rotatable bonds is 4. The zero-order valence-corrected chi connectivity index (χ0v) is 15.1. The smallest absolute Gasteiger partial charge is 0.310 e. The van der Waals surface area contributed by atoms with Gasteiger partial charge in [0, 0.05) is 17.7 Å². The lowest BCUT2D eigenvalue weighted by atomic mass is 10.2. The van der Waals surface area contributed by atoms with Gasteiger partial charge in [0.1, 0.15) is 10.7 Å². The maximum Gasteiger partial charge on any atom is 0.310 e. The zero-order valence-electron chi connectivity index (χ0n) is 13.5. The Kier molecular flexibility index (Phi) is 5.19. The molecule has 2 aromatic carbocycles. The Morgan fingerprint density at radius 1 is 1.26 bits per heavy atom. The first-order valence-corrected chi connectivity index (χ1v) is 8.70. The third kappa shape index (κ3) is 4.13. The number of amides is 2. The van der Waals surface area contributed by atoms with Crippen LogP contribution in [-0.2, 0) is 0 Å². The number of nitro benzene ring substituents is 1. The highest BCUT2D eigenvalue weighted by molar-refractivity contribution is 8.19. The van der Waals surface area contributed by atoms with Crippen LogP contribution in [0.2, 0.25) is 0 Å². The highest BCUT2D eigenvalue weighted by atomic mass is 32.2. The van der Waals surface area contributed by atoms with Crippen LogP contribution in [-0.4, -0.2) is 31.2 Å². The summed E-state index contributed by atoms with van der Waals surface area (Å²) in [5.74, 6) is -0.631. The van der Waals surface area contributed by atoms with E-state index in [1.54, 1.807) is 18.2 Å². The number of benzene rings is 2. The fourth-order valence-corrected chi connectivity index (χ4v) is 3.42. The largest absolute Gasteiger partial charge is 0.508 e. The molecule has 1 saturated heterocycles. The van der Waals surface area contributed by atoms with Crippen LogP contribution in [0.1, 0.15) is 15.9 Å². The van der Waals surface area contributed by atoms with Gasteiger partial charge in [0.15, 0.2) is 0 Å². The minimum Gasteiger partial charge on any atom is -0.508 e. The number of nitro groups is 1. The van der Waals surface area contributed by atoms with Crippen molar-refractivity contribution in [3.05, 3.63) is 74.7 Å². The Morgan fingerprint density at radius 3 is 2.70 bits per heavy atom. The summed E-state index contributed by atoms with van der Waals surface area (Å²) in [6.07, 6.45) is 1.62. The zero-order chi connectivity index (χ0) is 19.6. The summed E-state index contributed by atoms with van der Waals surface area (Å²) in [4.78, 5) is 35.2. The Balaban J connectivity index is 1.78. The first kappa shape index (κ1) is 18.5. The van der Waals surface area contributed by atoms with E-state index >= 15 is 0 Å². The number of thioether (sulfide) groups is 1. The number of phenolic OH excluding ortho intramolecular Hbond substituents is 1. The Hall–Kier alpha value is -3.24. The highest BCUT2D eigenvalue weighted by Gasteiger charge is 2.33. The fraction of sp³-hybridized carbons (Fsp3) is 0. The molecule has 0 saturated carbocycles. The van der Waals surface area contributed by atoms with E-state index in [0.717, 1.165) is 22.8 Å². The van der Waals surface area contributed by atoms with E-state index in [2.05, 4.69) is 5.43 Å². The molecule has 1 fully saturated rings. The monoisotopic (exact) mass is 401 g/mol. The van der Waals surface area contributed by atoms with E-state index in [9.17, 15) is 24.8 Å². The van der Waals surface area contributed by atoms with Crippen LogP contribution in [0, 0.1) is 10.1 Å². The standard InChI is InChI=1S/C17H11N3O5S2/c21-13-6-1-3-10(7-13)8-14-16(26)19(17(23)27-14)18-15(22)11-4-2-5-12(9-11)20(24)25/h1-9,21H,(H,18,22)/b14-8-. The molecule has 136 valence electrons. The summed E-state index contributed by atoms with van der Waals surface area (Å²) in [6.45, 7) is 0. The van der Waals surface area contributed by atoms with Crippen LogP contribution in [0.4, 0.5) is 10.5 Å². The number of hydrazine groups is 1. The lowest BCUT2D eigenvalue weighted by molar-refractivity contribution is -0.384. The van der Waals surface area contributed by atoms with E-state index in [4.69, 9.17) is 12.2 Å². The lowest BCUT2D eigenvalue weighted by Crippen LogP contribution is -2.44. The van der Waals surface area contributed by atoms with Crippen LogP contribution >= 0.6 is 24.0 Å². The second-order valence-corrected chi connectivity index (χ2v) is 6.74. The molecule has 0 aromatic heterocycles. The maximum atomic E-state index is 12.3. The summed E-state index contributed by atoms with van der Waals surface area (Å²) >= 11 is 6.07. The Bertz CT molecular complexity index is 1010. The van der Waals surface area contributed by atoms with Crippen molar-refractivity contribution in [3.63, 3.8) is 0 Å². The first-order chi connectivity index (χ1) is 12.8. The van der Waals surface area contributed by atoms with Gasteiger partial charge >= 0.3 is 5.24 Å². The quantitative estimate of drug-likeness (QED) is 0.349. The van der Waals surface area contributed by atoms with Crippen molar-refractivity contribution in [3.8, 4) is 5.75 Å². The van der Waals surface area contributed by atoms with Gasteiger partial charge in [-0.15, -0.1) is 0 Å². The van der Waals surface area contributed by atoms with Crippen molar-refractivity contribution in [2.75, 3.05) is 0 Å². The molecule has 1 heterocycles. The van der Waals surface area contributed by atoms with Crippen LogP contribution < -0.4 is 5.43 Å². The molecule has 3 rings (SSSR count). The number of nitrogens with zero attached hydrogens (tertiary/aromatic N) is 2. The summed E-state index contributed by atoms with van der Waals surface area (Å²) in [5, 5.41) is 20.7. The van der Waals surface area contributed by atoms with Crippen LogP contribution in [0.15, 0.2) is 53.4 Å². The molecule has 2 N–H and O–H groups in total. The number of hydrogen-bond acceptors (Lipinski definition) is 7. The van der Waals surface area contributed by atoms with Gasteiger partial charge < -0.3 is 5.11 Å². The van der Waals surface area contributed by atoms with E-state index in [1.807, 2.05) is 0 Å². The second kappa shape index (κ2) is 7.56. The van der Waals surface area contributed by atoms with E-state index in [1.165, 1.54) is 30.3 Å². The predicted molar refractivity (Wildman–Crippen MR) is 104 cm³/mol. The van der Waals surface area contributed by atoms with Crippen LogP contribution in [0.25, 0.3) is 6.08 Å². The van der Waals surface area contributed by atoms with Crippen molar-refractivity contribution in [1.82, 2.24) is 10.4 Å². The van der Waals surface area contributed by atoms with E-state index in [0.29, 0.717) is 10.5 Å². The molecular formula is C17H11N3O5S2. The normalized spacial score (nSPS) is 15.3. The van der Waals surface area contributed by atoms with Crippen molar-refractivity contribution in [2.24, 2.45) is 0 Å². The molecule has 0 atom stereocenters. The van der Waals surface area contributed by atoms with Crippen molar-refractivity contribution in [1.29, 1.82) is 0 Å². The number of phenols is 1. The van der Waals surface area contributed by atoms with Gasteiger partial charge in [0.05, 0.1) is 9.83 Å². The number of carbonyl (C=O) groups excluding carboxylic acids is 2. The summed E-state index contributed by atoms with van der Waals surface area (Å²) in [7, 11) is 0. The van der Waals surface area contributed by atoms with Gasteiger partial charge in [-0.3, -0.25) is 25.1 Å². The van der Waals surface area contributed by atoms with Crippen LogP contribution in [0.5, 0.6) is 5.75 Å². The lowest BCUT2D eigenvalue weighted by Gasteiger charge is -2.15. The molecule has 1 aliphatic rings. The fourth-order valence-electron chi connectivity index (χ4n) is 2.26. The number of aromatic hydroxyl groups is 1. The van der Waals surface area contributed by atoms with Gasteiger partial charge in [-0.1, -0.05) is 30.4 Å². The molecule has 0 unspecified atom stereocenters. The molecule has 0 spiro atoms. The third-order valence-electron chi connectivity index (χ3n) is 3.49. The van der Waals surface area contributed by atoms with Gasteiger partial charge in [-0.05, 0) is 41.6 Å². The Labute approximate surface area is 162 Å². The number of carbonyl (C=O) groups is 2. The molecule has 10 heteroatoms. The molecule has 2 amide bonds. The molecule has 27 heavy (non-hydrogen) atoms. The van der Waals surface area contributed by atoms with Crippen molar-refractivity contribution >= 4 is 51.9 Å². The van der Waals surface area contributed by atoms with Crippen molar-refractivity contribution < 1.29 is 19.6 Å². The topological polar surface area (TPSA) is 113 Å². The average Bonchev–Trinajstić information content (AvgIpc) is 2.89. The summed E-state index contributed by atoms with van der Waals surface area (Å²) in [5.41, 5.74) is 2.78. The van der Waals surface area contributed by atoms with Gasteiger partial charge in [0.2, 0.25) is 0 Å². The van der Waals surface area contributed by atoms with Crippen LogP contribution in [0.3, 0.4) is 0 Å². The molecule has 0 bridgehead atoms. The number of nitrogens with one attached hydrogen (secondary N) is 1. The molecule has 0 radical (unpaired) electrons. The highest BCUT2D eigenvalue weighted by Crippen LogP contribution is 2.32. The average molecular weight is 401 g/mol. The van der Waals surface area contributed by atoms with Gasteiger partial charge in [0.25, 0.3) is 11.6 Å². The summed E-state index contributed by atoms with van der Waals surface area (Å²) in [6, 6.07) is 11.5. The minimum atomic E-state index is -0.700. The maximum absolute atomic E-state index is 12.3. The third-order valence-corrected chi connectivity index (χ3v) is 4.91. The van der Waals surface area contributed by atoms with E-state index < -0.39 is 16.1 Å². The molecular weight excluding hydrogens is 390 g/mol. The van der Waals surface area contributed by atoms with E-state index in [-0.39, 0.29) is 22.0 Å². The summed E-state index contributed by atoms with van der Waals surface area (Å²) < 4.78 is 0. The van der Waals surface area contributed by atoms with Crippen molar-refractivity contribution in [2.45, 2.75) is 0 Å². The molecule has 8 nitrogen and oxygen atoms in total. The molecule has 2 aromatic rings. The molecule has 1 aliphatic heterocycles. The number of hydrogen-bond donors (Lipinski definition) is 2. The van der Waals surface area contributed by atoms with Gasteiger partial charge in [-0.2, -0.15) is 5.01 Å². The van der Waals surface area contributed by atoms with Gasteiger partial charge in [-0.25, -0.2) is 0 Å². The number of thiocarbonyl (C=S) groups is 1. The predicted octanol–water partition coefficient (Wildman–Crippen LogP) is 3.48. The minimum absolute atomic E-state index is 0.0233. The number of non-ortho nitro benzene ring substituents is 1.